The van der Waals surface area contributed by atoms with Crippen LogP contribution < -0.4 is 25.4 Å². The van der Waals surface area contributed by atoms with Gasteiger partial charge >= 0.3 is 0 Å². The third kappa shape index (κ3) is 6.50. The molecule has 0 heterocycles. The Morgan fingerprint density at radius 3 is 2.43 bits per heavy atom. The highest BCUT2D eigenvalue weighted by Gasteiger charge is 2.06. The maximum absolute atomic E-state index is 12.0. The highest BCUT2D eigenvalue weighted by molar-refractivity contribution is 5.94. The van der Waals surface area contributed by atoms with E-state index in [1.807, 2.05) is 43.3 Å². The van der Waals surface area contributed by atoms with E-state index in [1.54, 1.807) is 26.4 Å². The Morgan fingerprint density at radius 1 is 1.00 bits per heavy atom. The molecule has 0 saturated heterocycles. The van der Waals surface area contributed by atoms with Gasteiger partial charge in [0.05, 0.1) is 14.2 Å². The van der Waals surface area contributed by atoms with E-state index in [1.165, 1.54) is 0 Å². The zero-order valence-corrected chi connectivity index (χ0v) is 16.6. The van der Waals surface area contributed by atoms with Crippen molar-refractivity contribution < 1.29 is 14.3 Å². The Bertz CT molecular complexity index is 778. The number of carbonyl (C=O) groups is 1. The average molecular weight is 384 g/mol. The molecule has 2 aromatic carbocycles. The second-order valence-electron chi connectivity index (χ2n) is 5.93. The summed E-state index contributed by atoms with van der Waals surface area (Å²) >= 11 is 0. The first-order chi connectivity index (χ1) is 13.7. The number of guanidine groups is 1. The molecule has 3 N–H and O–H groups in total. The van der Waals surface area contributed by atoms with Crippen molar-refractivity contribution in [3.8, 4) is 11.5 Å². The quantitative estimate of drug-likeness (QED) is 0.352. The maximum atomic E-state index is 12.0. The summed E-state index contributed by atoms with van der Waals surface area (Å²) < 4.78 is 10.6. The number of ether oxygens (including phenoxy) is 2. The zero-order valence-electron chi connectivity index (χ0n) is 16.6. The number of amides is 1. The average Bonchev–Trinajstić information content (AvgIpc) is 2.73. The van der Waals surface area contributed by atoms with E-state index < -0.39 is 0 Å². The van der Waals surface area contributed by atoms with Gasteiger partial charge < -0.3 is 25.4 Å². The molecule has 0 aliphatic rings. The van der Waals surface area contributed by atoms with Gasteiger partial charge in [0.2, 0.25) is 0 Å². The lowest BCUT2D eigenvalue weighted by Gasteiger charge is -2.14. The topological polar surface area (TPSA) is 84.0 Å². The summed E-state index contributed by atoms with van der Waals surface area (Å²) in [5, 5.41) is 9.35. The smallest absolute Gasteiger partial charge is 0.251 e. The molecule has 0 aliphatic carbocycles. The van der Waals surface area contributed by atoms with Crippen LogP contribution in [0.1, 0.15) is 23.7 Å². The number of benzene rings is 2. The first kappa shape index (κ1) is 21.1. The lowest BCUT2D eigenvalue weighted by Crippen LogP contribution is -2.31. The van der Waals surface area contributed by atoms with Crippen molar-refractivity contribution in [2.45, 2.75) is 13.3 Å². The summed E-state index contributed by atoms with van der Waals surface area (Å²) in [5.41, 5.74) is 1.50. The number of hydrogen-bond donors (Lipinski definition) is 3. The normalized spacial score (nSPS) is 10.9. The molecule has 150 valence electrons. The molecule has 0 radical (unpaired) electrons. The molecule has 1 amide bonds. The molecule has 0 fully saturated rings. The minimum Gasteiger partial charge on any atom is -0.493 e. The van der Waals surface area contributed by atoms with E-state index >= 15 is 0 Å². The van der Waals surface area contributed by atoms with Gasteiger partial charge in [-0.2, -0.15) is 0 Å². The van der Waals surface area contributed by atoms with Gasteiger partial charge in [0.15, 0.2) is 17.5 Å². The minimum atomic E-state index is -0.0695. The van der Waals surface area contributed by atoms with Crippen LogP contribution >= 0.6 is 0 Å². The highest BCUT2D eigenvalue weighted by Crippen LogP contribution is 2.29. The predicted octanol–water partition coefficient (Wildman–Crippen LogP) is 2.90. The second kappa shape index (κ2) is 11.5. The molecule has 0 aromatic heterocycles. The van der Waals surface area contributed by atoms with Gasteiger partial charge in [-0.15, -0.1) is 0 Å². The van der Waals surface area contributed by atoms with Crippen LogP contribution in [0, 0.1) is 0 Å². The summed E-state index contributed by atoms with van der Waals surface area (Å²) in [6, 6.07) is 14.8. The Balaban J connectivity index is 1.86. The van der Waals surface area contributed by atoms with Crippen molar-refractivity contribution in [3.63, 3.8) is 0 Å². The van der Waals surface area contributed by atoms with Gasteiger partial charge in [0, 0.05) is 37.0 Å². The maximum Gasteiger partial charge on any atom is 0.251 e. The molecule has 0 spiro atoms. The summed E-state index contributed by atoms with van der Waals surface area (Å²) in [4.78, 5) is 16.6. The third-order valence-corrected chi connectivity index (χ3v) is 3.92. The van der Waals surface area contributed by atoms with Crippen LogP contribution in [0.2, 0.25) is 0 Å². The first-order valence-corrected chi connectivity index (χ1v) is 9.28. The van der Waals surface area contributed by atoms with Crippen molar-refractivity contribution >= 4 is 17.6 Å². The minimum absolute atomic E-state index is 0.0695. The fraction of sp³-hybridized carbons (Fsp3) is 0.333. The summed E-state index contributed by atoms with van der Waals surface area (Å²) in [7, 11) is 3.21. The van der Waals surface area contributed by atoms with Crippen molar-refractivity contribution in [3.05, 3.63) is 54.1 Å². The molecule has 0 atom stereocenters. The van der Waals surface area contributed by atoms with Crippen molar-refractivity contribution in [2.24, 2.45) is 4.99 Å². The van der Waals surface area contributed by atoms with Gasteiger partial charge in [0.25, 0.3) is 5.91 Å². The molecule has 7 nitrogen and oxygen atoms in total. The first-order valence-electron chi connectivity index (χ1n) is 9.28. The Kier molecular flexibility index (Phi) is 8.65. The van der Waals surface area contributed by atoms with Crippen LogP contribution in [0.3, 0.4) is 0 Å². The van der Waals surface area contributed by atoms with E-state index in [-0.39, 0.29) is 5.91 Å². The Hall–Kier alpha value is -3.22. The fourth-order valence-electron chi connectivity index (χ4n) is 2.52. The highest BCUT2D eigenvalue weighted by atomic mass is 16.5. The van der Waals surface area contributed by atoms with Crippen LogP contribution in [-0.4, -0.2) is 45.7 Å². The molecular formula is C21H28N4O3. The van der Waals surface area contributed by atoms with E-state index in [0.717, 1.165) is 18.7 Å². The SMILES string of the molecule is CCNC(=NCCCNC(=O)c1ccccc1)Nc1ccc(OC)c(OC)c1. The largest absolute Gasteiger partial charge is 0.493 e. The molecule has 0 saturated carbocycles. The number of aliphatic imine (C=N–C) groups is 1. The second-order valence-corrected chi connectivity index (χ2v) is 5.93. The van der Waals surface area contributed by atoms with Gasteiger partial charge in [-0.1, -0.05) is 18.2 Å². The lowest BCUT2D eigenvalue weighted by atomic mass is 10.2. The lowest BCUT2D eigenvalue weighted by molar-refractivity contribution is 0.0953. The number of rotatable bonds is 9. The van der Waals surface area contributed by atoms with Crippen LogP contribution in [0.15, 0.2) is 53.5 Å². The molecule has 0 unspecified atom stereocenters. The summed E-state index contributed by atoms with van der Waals surface area (Å²) in [5.74, 6) is 1.92. The van der Waals surface area contributed by atoms with E-state index in [2.05, 4.69) is 20.9 Å². The van der Waals surface area contributed by atoms with Gasteiger partial charge in [-0.3, -0.25) is 9.79 Å². The number of nitrogens with one attached hydrogen (secondary N) is 3. The third-order valence-electron chi connectivity index (χ3n) is 3.92. The molecule has 0 aliphatic heterocycles. The Morgan fingerprint density at radius 2 is 1.75 bits per heavy atom. The standard InChI is InChI=1S/C21H28N4O3/c1-4-22-21(25-17-11-12-18(27-2)19(15-17)28-3)24-14-8-13-23-20(26)16-9-6-5-7-10-16/h5-7,9-12,15H,4,8,13-14H2,1-3H3,(H,23,26)(H2,22,24,25). The van der Waals surface area contributed by atoms with Crippen molar-refractivity contribution in [1.29, 1.82) is 0 Å². The molecular weight excluding hydrogens is 356 g/mol. The summed E-state index contributed by atoms with van der Waals surface area (Å²) in [6.07, 6.45) is 0.737. The molecule has 28 heavy (non-hydrogen) atoms. The molecule has 2 rings (SSSR count). The summed E-state index contributed by atoms with van der Waals surface area (Å²) in [6.45, 7) is 3.89. The van der Waals surface area contributed by atoms with Gasteiger partial charge in [0.1, 0.15) is 0 Å². The van der Waals surface area contributed by atoms with Crippen molar-refractivity contribution in [1.82, 2.24) is 10.6 Å². The van der Waals surface area contributed by atoms with E-state index in [4.69, 9.17) is 9.47 Å². The number of anilines is 1. The number of hydrogen-bond acceptors (Lipinski definition) is 4. The number of carbonyl (C=O) groups excluding carboxylic acids is 1. The van der Waals surface area contributed by atoms with Crippen LogP contribution in [0.25, 0.3) is 0 Å². The molecule has 0 bridgehead atoms. The van der Waals surface area contributed by atoms with Crippen molar-refractivity contribution in [2.75, 3.05) is 39.2 Å². The van der Waals surface area contributed by atoms with Crippen LogP contribution in [0.5, 0.6) is 11.5 Å². The van der Waals surface area contributed by atoms with E-state index in [9.17, 15) is 4.79 Å². The van der Waals surface area contributed by atoms with E-state index in [0.29, 0.717) is 36.1 Å². The molecule has 7 heteroatoms. The Labute approximate surface area is 166 Å². The zero-order chi connectivity index (χ0) is 20.2. The predicted molar refractivity (Wildman–Crippen MR) is 113 cm³/mol. The fourth-order valence-corrected chi connectivity index (χ4v) is 2.52. The van der Waals surface area contributed by atoms with Crippen LogP contribution in [-0.2, 0) is 0 Å². The number of methoxy groups -OCH3 is 2. The van der Waals surface area contributed by atoms with Crippen LogP contribution in [0.4, 0.5) is 5.69 Å². The van der Waals surface area contributed by atoms with Gasteiger partial charge in [-0.05, 0) is 37.6 Å². The van der Waals surface area contributed by atoms with Gasteiger partial charge in [-0.25, -0.2) is 0 Å². The number of nitrogens with zero attached hydrogens (tertiary/aromatic N) is 1. The monoisotopic (exact) mass is 384 g/mol. The molecule has 2 aromatic rings.